The van der Waals surface area contributed by atoms with Crippen molar-refractivity contribution in [2.45, 2.75) is 97.7 Å². The van der Waals surface area contributed by atoms with E-state index >= 15 is 0 Å². The van der Waals surface area contributed by atoms with Crippen molar-refractivity contribution in [1.29, 1.82) is 0 Å². The van der Waals surface area contributed by atoms with E-state index < -0.39 is 0 Å². The Hall–Kier alpha value is -1.58. The topological polar surface area (TPSA) is 52.6 Å². The lowest BCUT2D eigenvalue weighted by atomic mass is 9.70. The van der Waals surface area contributed by atoms with Gasteiger partial charge in [-0.1, -0.05) is 27.0 Å². The van der Waals surface area contributed by atoms with Crippen molar-refractivity contribution in [3.8, 4) is 0 Å². The highest BCUT2D eigenvalue weighted by Crippen LogP contribution is 2.42. The van der Waals surface area contributed by atoms with Crippen LogP contribution in [0.4, 0.5) is 0 Å². The molecule has 6 unspecified atom stereocenters. The fourth-order valence-corrected chi connectivity index (χ4v) is 5.21. The predicted octanol–water partition coefficient (Wildman–Crippen LogP) is 6.00. The van der Waals surface area contributed by atoms with E-state index in [2.05, 4.69) is 27.0 Å². The lowest BCUT2D eigenvalue weighted by molar-refractivity contribution is -0.149. The van der Waals surface area contributed by atoms with Gasteiger partial charge in [-0.2, -0.15) is 0 Å². The van der Waals surface area contributed by atoms with Crippen LogP contribution in [0.15, 0.2) is 24.3 Å². The fourth-order valence-electron chi connectivity index (χ4n) is 5.21. The number of hydrogen-bond donors (Lipinski definition) is 0. The quantitative estimate of drug-likeness (QED) is 0.367. The SMILES string of the molecule is C=C(C)C(=O)OC1CCC(CC2CCC(OC(=O)C(=C)C)C(CC)C2)CC1CC. The van der Waals surface area contributed by atoms with Gasteiger partial charge in [-0.15, -0.1) is 0 Å². The van der Waals surface area contributed by atoms with Crippen molar-refractivity contribution in [2.75, 3.05) is 0 Å². The first-order chi connectivity index (χ1) is 13.7. The molecular formula is C25H40O4. The van der Waals surface area contributed by atoms with Crippen LogP contribution in [0.3, 0.4) is 0 Å². The van der Waals surface area contributed by atoms with Crippen LogP contribution < -0.4 is 0 Å². The Morgan fingerprint density at radius 3 is 1.45 bits per heavy atom. The predicted molar refractivity (Wildman–Crippen MR) is 116 cm³/mol. The number of ether oxygens (including phenoxy) is 2. The molecular weight excluding hydrogens is 364 g/mol. The van der Waals surface area contributed by atoms with Crippen LogP contribution in [0.2, 0.25) is 0 Å². The second-order valence-electron chi connectivity index (χ2n) is 9.38. The summed E-state index contributed by atoms with van der Waals surface area (Å²) in [5, 5.41) is 0. The molecule has 0 radical (unpaired) electrons. The normalized spacial score (nSPS) is 32.3. The van der Waals surface area contributed by atoms with Crippen LogP contribution in [-0.2, 0) is 19.1 Å². The minimum absolute atomic E-state index is 0.0427. The Labute approximate surface area is 177 Å². The van der Waals surface area contributed by atoms with E-state index in [-0.39, 0.29) is 24.1 Å². The molecule has 2 aliphatic rings. The minimum atomic E-state index is -0.250. The van der Waals surface area contributed by atoms with Gasteiger partial charge < -0.3 is 9.47 Å². The van der Waals surface area contributed by atoms with E-state index in [1.54, 1.807) is 13.8 Å². The van der Waals surface area contributed by atoms with Crippen LogP contribution in [0.1, 0.15) is 85.5 Å². The first-order valence-electron chi connectivity index (χ1n) is 11.5. The number of carbonyl (C=O) groups is 2. The monoisotopic (exact) mass is 404 g/mol. The first-order valence-corrected chi connectivity index (χ1v) is 11.5. The zero-order chi connectivity index (χ0) is 21.6. The Morgan fingerprint density at radius 1 is 0.759 bits per heavy atom. The Morgan fingerprint density at radius 2 is 1.14 bits per heavy atom. The first kappa shape index (κ1) is 23.7. The summed E-state index contributed by atoms with van der Waals surface area (Å²) in [6.07, 6.45) is 9.90. The number of esters is 2. The molecule has 0 amide bonds. The highest BCUT2D eigenvalue weighted by molar-refractivity contribution is 5.87. The van der Waals surface area contributed by atoms with E-state index in [4.69, 9.17) is 9.47 Å². The van der Waals surface area contributed by atoms with Crippen LogP contribution in [0, 0.1) is 23.7 Å². The Balaban J connectivity index is 1.86. The van der Waals surface area contributed by atoms with Crippen LogP contribution in [0.25, 0.3) is 0 Å². The van der Waals surface area contributed by atoms with Crippen molar-refractivity contribution in [1.82, 2.24) is 0 Å². The van der Waals surface area contributed by atoms with Gasteiger partial charge in [0.25, 0.3) is 0 Å². The summed E-state index contributed by atoms with van der Waals surface area (Å²) in [5.41, 5.74) is 0.966. The van der Waals surface area contributed by atoms with E-state index in [1.165, 1.54) is 6.42 Å². The fraction of sp³-hybridized carbons (Fsp3) is 0.760. The third-order valence-corrected chi connectivity index (χ3v) is 6.97. The van der Waals surface area contributed by atoms with Crippen molar-refractivity contribution >= 4 is 11.9 Å². The van der Waals surface area contributed by atoms with Gasteiger partial charge in [-0.25, -0.2) is 9.59 Å². The lowest BCUT2D eigenvalue weighted by Gasteiger charge is -2.40. The summed E-state index contributed by atoms with van der Waals surface area (Å²) in [5.74, 6) is 1.81. The third-order valence-electron chi connectivity index (χ3n) is 6.97. The smallest absolute Gasteiger partial charge is 0.333 e. The molecule has 0 saturated heterocycles. The molecule has 0 aromatic heterocycles. The second kappa shape index (κ2) is 11.0. The van der Waals surface area contributed by atoms with Crippen LogP contribution in [0.5, 0.6) is 0 Å². The van der Waals surface area contributed by atoms with Gasteiger partial charge in [0.2, 0.25) is 0 Å². The summed E-state index contributed by atoms with van der Waals surface area (Å²) in [4.78, 5) is 23.9. The number of rotatable bonds is 8. The largest absolute Gasteiger partial charge is 0.459 e. The van der Waals surface area contributed by atoms with Crippen molar-refractivity contribution in [3.63, 3.8) is 0 Å². The van der Waals surface area contributed by atoms with E-state index in [0.29, 0.717) is 34.8 Å². The molecule has 0 bridgehead atoms. The molecule has 4 heteroatoms. The molecule has 2 rings (SSSR count). The molecule has 4 nitrogen and oxygen atoms in total. The highest BCUT2D eigenvalue weighted by Gasteiger charge is 2.36. The number of hydrogen-bond acceptors (Lipinski definition) is 4. The highest BCUT2D eigenvalue weighted by atomic mass is 16.5. The summed E-state index contributed by atoms with van der Waals surface area (Å²) in [6.45, 7) is 15.2. The summed E-state index contributed by atoms with van der Waals surface area (Å²) >= 11 is 0. The van der Waals surface area contributed by atoms with Gasteiger partial charge in [-0.05, 0) is 95.3 Å². The zero-order valence-corrected chi connectivity index (χ0v) is 18.9. The van der Waals surface area contributed by atoms with E-state index in [9.17, 15) is 9.59 Å². The maximum atomic E-state index is 11.9. The molecule has 0 spiro atoms. The molecule has 0 aliphatic heterocycles. The molecule has 6 atom stereocenters. The molecule has 2 aliphatic carbocycles. The van der Waals surface area contributed by atoms with Crippen LogP contribution >= 0.6 is 0 Å². The summed E-state index contributed by atoms with van der Waals surface area (Å²) in [6, 6.07) is 0. The standard InChI is InChI=1S/C25H40O4/c1-7-20-14-18(9-11-22(20)28-24(26)16(3)4)13-19-10-12-23(21(8-2)15-19)29-25(27)17(5)6/h18-23H,3,5,7-15H2,1-2,4,6H3. The van der Waals surface area contributed by atoms with Crippen molar-refractivity contribution < 1.29 is 19.1 Å². The van der Waals surface area contributed by atoms with Gasteiger partial charge >= 0.3 is 11.9 Å². The van der Waals surface area contributed by atoms with Crippen LogP contribution in [-0.4, -0.2) is 24.1 Å². The maximum Gasteiger partial charge on any atom is 0.333 e. The Bertz CT molecular complexity index is 556. The molecule has 0 aromatic rings. The molecule has 29 heavy (non-hydrogen) atoms. The average Bonchev–Trinajstić information content (AvgIpc) is 2.69. The molecule has 2 saturated carbocycles. The Kier molecular flexibility index (Phi) is 8.98. The molecule has 164 valence electrons. The number of carbonyl (C=O) groups excluding carboxylic acids is 2. The van der Waals surface area contributed by atoms with E-state index in [1.807, 2.05) is 0 Å². The van der Waals surface area contributed by atoms with Gasteiger partial charge in [0.1, 0.15) is 12.2 Å². The second-order valence-corrected chi connectivity index (χ2v) is 9.38. The molecule has 2 fully saturated rings. The van der Waals surface area contributed by atoms with Gasteiger partial charge in [0.05, 0.1) is 0 Å². The molecule has 0 heterocycles. The van der Waals surface area contributed by atoms with Crippen molar-refractivity contribution in [2.24, 2.45) is 23.7 Å². The minimum Gasteiger partial charge on any atom is -0.459 e. The van der Waals surface area contributed by atoms with Gasteiger partial charge in [0.15, 0.2) is 0 Å². The maximum absolute atomic E-state index is 11.9. The zero-order valence-electron chi connectivity index (χ0n) is 18.9. The van der Waals surface area contributed by atoms with Gasteiger partial charge in [-0.3, -0.25) is 0 Å². The molecule has 0 aromatic carbocycles. The van der Waals surface area contributed by atoms with E-state index in [0.717, 1.165) is 51.4 Å². The summed E-state index contributed by atoms with van der Waals surface area (Å²) < 4.78 is 11.4. The summed E-state index contributed by atoms with van der Waals surface area (Å²) in [7, 11) is 0. The average molecular weight is 405 g/mol. The molecule has 0 N–H and O–H groups in total. The van der Waals surface area contributed by atoms with Crippen molar-refractivity contribution in [3.05, 3.63) is 24.3 Å². The third kappa shape index (κ3) is 6.72. The van der Waals surface area contributed by atoms with Gasteiger partial charge in [0, 0.05) is 11.1 Å². The lowest BCUT2D eigenvalue weighted by Crippen LogP contribution is -2.36.